The second kappa shape index (κ2) is 4.07. The van der Waals surface area contributed by atoms with Crippen molar-refractivity contribution in [2.75, 3.05) is 39.9 Å². The van der Waals surface area contributed by atoms with Gasteiger partial charge in [-0.15, -0.1) is 0 Å². The number of quaternary nitrogens is 1. The van der Waals surface area contributed by atoms with Crippen molar-refractivity contribution in [3.05, 3.63) is 6.92 Å². The van der Waals surface area contributed by atoms with Crippen molar-refractivity contribution in [1.29, 1.82) is 0 Å². The van der Waals surface area contributed by atoms with Crippen molar-refractivity contribution in [2.45, 2.75) is 12.8 Å². The first-order chi connectivity index (χ1) is 5.27. The minimum atomic E-state index is 0.938. The van der Waals surface area contributed by atoms with Crippen LogP contribution in [0, 0.1) is 6.92 Å². The minimum absolute atomic E-state index is 0.938. The van der Waals surface area contributed by atoms with Gasteiger partial charge < -0.3 is 9.22 Å². The predicted octanol–water partition coefficient (Wildman–Crippen LogP) is 1.08. The average molecular weight is 157 g/mol. The van der Waals surface area contributed by atoms with E-state index in [0.29, 0.717) is 0 Å². The summed E-state index contributed by atoms with van der Waals surface area (Å²) in [5.41, 5.74) is 0. The van der Waals surface area contributed by atoms with Gasteiger partial charge in [-0.2, -0.15) is 0 Å². The van der Waals surface area contributed by atoms with E-state index in [0.717, 1.165) is 19.6 Å². The molecule has 1 heterocycles. The summed E-state index contributed by atoms with van der Waals surface area (Å²) in [6.45, 7) is 9.37. The zero-order valence-corrected chi connectivity index (χ0v) is 7.51. The highest BCUT2D eigenvalue weighted by molar-refractivity contribution is 4.48. The van der Waals surface area contributed by atoms with Crippen LogP contribution in [0.2, 0.25) is 0 Å². The molecule has 0 spiro atoms. The van der Waals surface area contributed by atoms with Gasteiger partial charge in [0.2, 0.25) is 0 Å². The quantitative estimate of drug-likeness (QED) is 0.557. The van der Waals surface area contributed by atoms with Crippen LogP contribution < -0.4 is 0 Å². The Balaban J connectivity index is 2.25. The van der Waals surface area contributed by atoms with Crippen LogP contribution in [0.4, 0.5) is 0 Å². The van der Waals surface area contributed by atoms with Crippen molar-refractivity contribution in [1.82, 2.24) is 0 Å². The molecule has 0 saturated carbocycles. The molecule has 2 heteroatoms. The summed E-state index contributed by atoms with van der Waals surface area (Å²) in [6, 6.07) is 0. The third-order valence-electron chi connectivity index (χ3n) is 2.50. The van der Waals surface area contributed by atoms with Crippen LogP contribution in [0.5, 0.6) is 0 Å². The van der Waals surface area contributed by atoms with Crippen LogP contribution in [0.25, 0.3) is 0 Å². The van der Waals surface area contributed by atoms with Crippen LogP contribution in [0.1, 0.15) is 12.8 Å². The number of likely N-dealkylation sites (N-methyl/N-ethyl adjacent to an activating group) is 1. The molecule has 0 unspecified atom stereocenters. The lowest BCUT2D eigenvalue weighted by Crippen LogP contribution is -2.52. The third-order valence-corrected chi connectivity index (χ3v) is 2.50. The maximum atomic E-state index is 5.31. The van der Waals surface area contributed by atoms with Gasteiger partial charge in [0.25, 0.3) is 0 Å². The lowest BCUT2D eigenvalue weighted by atomic mass is 10.2. The maximum absolute atomic E-state index is 5.31. The monoisotopic (exact) mass is 157 g/mol. The Kier molecular flexibility index (Phi) is 3.34. The fraction of sp³-hybridized carbons (Fsp3) is 0.889. The van der Waals surface area contributed by atoms with Crippen LogP contribution >= 0.6 is 0 Å². The molecule has 1 rings (SSSR count). The molecule has 2 nitrogen and oxygen atoms in total. The highest BCUT2D eigenvalue weighted by Crippen LogP contribution is 2.08. The van der Waals surface area contributed by atoms with E-state index in [1.54, 1.807) is 0 Å². The Labute approximate surface area is 69.7 Å². The van der Waals surface area contributed by atoms with Gasteiger partial charge in [-0.3, -0.25) is 0 Å². The largest absolute Gasteiger partial charge is 0.370 e. The maximum Gasteiger partial charge on any atom is 0.102 e. The zero-order chi connectivity index (χ0) is 8.16. The predicted molar refractivity (Wildman–Crippen MR) is 46.2 cm³/mol. The summed E-state index contributed by atoms with van der Waals surface area (Å²) in [5.74, 6) is 0. The summed E-state index contributed by atoms with van der Waals surface area (Å²) in [5, 5.41) is 0. The van der Waals surface area contributed by atoms with Crippen LogP contribution in [0.3, 0.4) is 0 Å². The number of unbranched alkanes of at least 4 members (excludes halogenated alkanes) is 1. The molecule has 0 aromatic rings. The summed E-state index contributed by atoms with van der Waals surface area (Å²) in [7, 11) is 2.32. The van der Waals surface area contributed by atoms with Gasteiger partial charge in [0.15, 0.2) is 0 Å². The van der Waals surface area contributed by atoms with Crippen LogP contribution in [-0.4, -0.2) is 44.4 Å². The number of rotatable bonds is 3. The molecular weight excluding hydrogens is 138 g/mol. The number of hydrogen-bond acceptors (Lipinski definition) is 1. The second-order valence-electron chi connectivity index (χ2n) is 3.61. The normalized spacial score (nSPS) is 23.5. The first-order valence-corrected chi connectivity index (χ1v) is 4.47. The van der Waals surface area contributed by atoms with Gasteiger partial charge in [0, 0.05) is 0 Å². The number of hydrogen-bond donors (Lipinski definition) is 0. The van der Waals surface area contributed by atoms with E-state index in [1.807, 2.05) is 0 Å². The molecule has 1 aliphatic rings. The third kappa shape index (κ3) is 2.80. The topological polar surface area (TPSA) is 9.23 Å². The molecular formula is C9H19NO+. The van der Waals surface area contributed by atoms with Gasteiger partial charge in [-0.1, -0.05) is 6.92 Å². The van der Waals surface area contributed by atoms with Gasteiger partial charge in [-0.25, -0.2) is 0 Å². The first kappa shape index (κ1) is 9.01. The van der Waals surface area contributed by atoms with Gasteiger partial charge in [-0.05, 0) is 12.8 Å². The summed E-state index contributed by atoms with van der Waals surface area (Å²) < 4.78 is 6.50. The van der Waals surface area contributed by atoms with Crippen molar-refractivity contribution in [3.8, 4) is 0 Å². The molecule has 1 fully saturated rings. The molecule has 0 aromatic carbocycles. The summed E-state index contributed by atoms with van der Waals surface area (Å²) in [6.07, 6.45) is 2.31. The SMILES string of the molecule is [CH2]CCC[N+]1(C)CCOCC1. The standard InChI is InChI=1S/C9H19NO/c1-3-4-5-10(2)6-8-11-9-7-10/h1,3-9H2,2H3/q+1. The van der Waals surface area contributed by atoms with Crippen LogP contribution in [-0.2, 0) is 4.74 Å². The molecule has 0 bridgehead atoms. The van der Waals surface area contributed by atoms with Crippen molar-refractivity contribution in [2.24, 2.45) is 0 Å². The summed E-state index contributed by atoms with van der Waals surface area (Å²) >= 11 is 0. The van der Waals surface area contributed by atoms with Crippen molar-refractivity contribution >= 4 is 0 Å². The lowest BCUT2D eigenvalue weighted by molar-refractivity contribution is -0.917. The second-order valence-corrected chi connectivity index (χ2v) is 3.61. The highest BCUT2D eigenvalue weighted by Gasteiger charge is 2.23. The Morgan fingerprint density at radius 1 is 1.36 bits per heavy atom. The number of ether oxygens (including phenoxy) is 1. The van der Waals surface area contributed by atoms with Crippen molar-refractivity contribution < 1.29 is 9.22 Å². The first-order valence-electron chi connectivity index (χ1n) is 4.47. The van der Waals surface area contributed by atoms with Gasteiger partial charge in [0.05, 0.1) is 26.8 Å². The molecule has 65 valence electrons. The Hall–Kier alpha value is -0.0800. The fourth-order valence-electron chi connectivity index (χ4n) is 1.50. The molecule has 1 radical (unpaired) electrons. The van der Waals surface area contributed by atoms with Gasteiger partial charge >= 0.3 is 0 Å². The Bertz CT molecular complexity index is 108. The van der Waals surface area contributed by atoms with E-state index in [4.69, 9.17) is 4.74 Å². The molecule has 0 aromatic heterocycles. The average Bonchev–Trinajstić information content (AvgIpc) is 2.03. The summed E-state index contributed by atoms with van der Waals surface area (Å²) in [4.78, 5) is 0. The van der Waals surface area contributed by atoms with E-state index in [-0.39, 0.29) is 0 Å². The van der Waals surface area contributed by atoms with E-state index < -0.39 is 0 Å². The zero-order valence-electron chi connectivity index (χ0n) is 7.51. The molecule has 11 heavy (non-hydrogen) atoms. The van der Waals surface area contributed by atoms with E-state index >= 15 is 0 Å². The minimum Gasteiger partial charge on any atom is -0.370 e. The van der Waals surface area contributed by atoms with Crippen LogP contribution in [0.15, 0.2) is 0 Å². The number of morpholine rings is 1. The molecule has 0 aliphatic carbocycles. The lowest BCUT2D eigenvalue weighted by Gasteiger charge is -2.37. The van der Waals surface area contributed by atoms with E-state index in [9.17, 15) is 0 Å². The molecule has 0 N–H and O–H groups in total. The molecule has 0 atom stereocenters. The molecule has 1 aliphatic heterocycles. The molecule has 0 amide bonds. The Morgan fingerprint density at radius 3 is 2.55 bits per heavy atom. The van der Waals surface area contributed by atoms with Crippen molar-refractivity contribution in [3.63, 3.8) is 0 Å². The van der Waals surface area contributed by atoms with Gasteiger partial charge in [0.1, 0.15) is 13.1 Å². The smallest absolute Gasteiger partial charge is 0.102 e. The number of nitrogens with zero attached hydrogens (tertiary/aromatic N) is 1. The fourth-order valence-corrected chi connectivity index (χ4v) is 1.50. The highest BCUT2D eigenvalue weighted by atomic mass is 16.5. The Morgan fingerprint density at radius 2 is 2.00 bits per heavy atom. The molecule has 1 saturated heterocycles. The van der Waals surface area contributed by atoms with E-state index in [2.05, 4.69) is 14.0 Å². The van der Waals surface area contributed by atoms with E-state index in [1.165, 1.54) is 30.5 Å².